The van der Waals surface area contributed by atoms with E-state index >= 15 is 0 Å². The standard InChI is InChI=1S/C27H34N2O5/c1-16(2)13-24(26(32)28-23(17(3)4)14-25(30)31)29-27(33)34-15-22-20-11-7-5-9-18(20)19-10-6-8-12-21(19)22/h5-12,16-17,22-24H,13-15H2,1-4H3,(H,28,32)(H,29,33)(H,30,31)/t23-,24+/m1/s1. The fraction of sp³-hybridized carbons (Fsp3) is 0.444. The third-order valence-electron chi connectivity index (χ3n) is 6.19. The van der Waals surface area contributed by atoms with Gasteiger partial charge in [-0.25, -0.2) is 4.79 Å². The molecule has 0 radical (unpaired) electrons. The molecule has 0 heterocycles. The minimum Gasteiger partial charge on any atom is -0.481 e. The second kappa shape index (κ2) is 11.2. The molecule has 0 bridgehead atoms. The summed E-state index contributed by atoms with van der Waals surface area (Å²) in [5.74, 6) is -1.38. The molecule has 0 fully saturated rings. The number of nitrogens with one attached hydrogen (secondary N) is 2. The van der Waals surface area contributed by atoms with Crippen LogP contribution >= 0.6 is 0 Å². The predicted molar refractivity (Wildman–Crippen MR) is 130 cm³/mol. The van der Waals surface area contributed by atoms with Crippen molar-refractivity contribution in [2.75, 3.05) is 6.61 Å². The van der Waals surface area contributed by atoms with Crippen molar-refractivity contribution in [2.24, 2.45) is 11.8 Å². The number of aliphatic carboxylic acids is 1. The van der Waals surface area contributed by atoms with Gasteiger partial charge in [-0.05, 0) is 40.5 Å². The Labute approximate surface area is 200 Å². The van der Waals surface area contributed by atoms with Crippen molar-refractivity contribution in [3.05, 3.63) is 59.7 Å². The molecule has 1 aliphatic carbocycles. The zero-order chi connectivity index (χ0) is 24.8. The lowest BCUT2D eigenvalue weighted by molar-refractivity contribution is -0.138. The highest BCUT2D eigenvalue weighted by Gasteiger charge is 2.30. The van der Waals surface area contributed by atoms with Crippen molar-refractivity contribution in [1.29, 1.82) is 0 Å². The number of hydrogen-bond donors (Lipinski definition) is 3. The van der Waals surface area contributed by atoms with Crippen LogP contribution in [0.1, 0.15) is 57.6 Å². The van der Waals surface area contributed by atoms with E-state index in [9.17, 15) is 14.4 Å². The number of hydrogen-bond acceptors (Lipinski definition) is 4. The lowest BCUT2D eigenvalue weighted by Gasteiger charge is -2.26. The Morgan fingerprint density at radius 1 is 0.912 bits per heavy atom. The molecule has 3 rings (SSSR count). The molecule has 7 nitrogen and oxygen atoms in total. The van der Waals surface area contributed by atoms with Crippen LogP contribution in [-0.2, 0) is 14.3 Å². The Balaban J connectivity index is 1.66. The van der Waals surface area contributed by atoms with Gasteiger partial charge < -0.3 is 20.5 Å². The highest BCUT2D eigenvalue weighted by atomic mass is 16.5. The van der Waals surface area contributed by atoms with Gasteiger partial charge in [-0.3, -0.25) is 9.59 Å². The number of carboxylic acids is 1. The molecule has 2 amide bonds. The Hall–Kier alpha value is -3.35. The van der Waals surface area contributed by atoms with Crippen LogP contribution in [0.4, 0.5) is 4.79 Å². The fourth-order valence-electron chi connectivity index (χ4n) is 4.41. The fourth-order valence-corrected chi connectivity index (χ4v) is 4.41. The number of alkyl carbamates (subject to hydrolysis) is 1. The third-order valence-corrected chi connectivity index (χ3v) is 6.19. The van der Waals surface area contributed by atoms with E-state index in [1.54, 1.807) is 0 Å². The molecule has 0 aliphatic heterocycles. The van der Waals surface area contributed by atoms with E-state index in [2.05, 4.69) is 22.8 Å². The van der Waals surface area contributed by atoms with Gasteiger partial charge in [-0.1, -0.05) is 76.2 Å². The van der Waals surface area contributed by atoms with Gasteiger partial charge in [-0.15, -0.1) is 0 Å². The number of rotatable bonds is 10. The molecule has 182 valence electrons. The van der Waals surface area contributed by atoms with Crippen molar-refractivity contribution in [3.63, 3.8) is 0 Å². The lowest BCUT2D eigenvalue weighted by atomic mass is 9.98. The van der Waals surface area contributed by atoms with Crippen molar-refractivity contribution in [1.82, 2.24) is 10.6 Å². The van der Waals surface area contributed by atoms with Crippen LogP contribution in [0.3, 0.4) is 0 Å². The number of benzene rings is 2. The SMILES string of the molecule is CC(C)C[C@H](NC(=O)OCC1c2ccccc2-c2ccccc21)C(=O)N[C@H](CC(=O)O)C(C)C. The summed E-state index contributed by atoms with van der Waals surface area (Å²) < 4.78 is 5.59. The van der Waals surface area contributed by atoms with Crippen LogP contribution in [0.25, 0.3) is 11.1 Å². The highest BCUT2D eigenvalue weighted by molar-refractivity contribution is 5.86. The lowest BCUT2D eigenvalue weighted by Crippen LogP contribution is -2.51. The minimum absolute atomic E-state index is 0.0609. The number of ether oxygens (including phenoxy) is 1. The Bertz CT molecular complexity index is 988. The summed E-state index contributed by atoms with van der Waals surface area (Å²) in [6, 6.07) is 14.8. The Morgan fingerprint density at radius 2 is 1.47 bits per heavy atom. The average molecular weight is 467 g/mol. The molecule has 7 heteroatoms. The molecule has 2 aromatic carbocycles. The average Bonchev–Trinajstić information content (AvgIpc) is 3.10. The van der Waals surface area contributed by atoms with Gasteiger partial charge in [0.15, 0.2) is 0 Å². The number of carbonyl (C=O) groups excluding carboxylic acids is 2. The monoisotopic (exact) mass is 466 g/mol. The van der Waals surface area contributed by atoms with Crippen LogP contribution in [0.15, 0.2) is 48.5 Å². The molecule has 0 aromatic heterocycles. The second-order valence-corrected chi connectivity index (χ2v) is 9.61. The first kappa shape index (κ1) is 25.3. The predicted octanol–water partition coefficient (Wildman–Crippen LogP) is 4.56. The number of carbonyl (C=O) groups is 3. The van der Waals surface area contributed by atoms with Gasteiger partial charge in [0.2, 0.25) is 5.91 Å². The van der Waals surface area contributed by atoms with E-state index in [0.29, 0.717) is 6.42 Å². The van der Waals surface area contributed by atoms with Gasteiger partial charge in [0.05, 0.1) is 6.42 Å². The Morgan fingerprint density at radius 3 is 1.97 bits per heavy atom. The van der Waals surface area contributed by atoms with Gasteiger partial charge >= 0.3 is 12.1 Å². The van der Waals surface area contributed by atoms with E-state index in [1.807, 2.05) is 64.1 Å². The van der Waals surface area contributed by atoms with Crippen LogP contribution in [0.5, 0.6) is 0 Å². The molecule has 1 aliphatic rings. The van der Waals surface area contributed by atoms with E-state index < -0.39 is 30.1 Å². The Kier molecular flexibility index (Phi) is 8.31. The summed E-state index contributed by atoms with van der Waals surface area (Å²) in [5, 5.41) is 14.6. The molecule has 2 atom stereocenters. The highest BCUT2D eigenvalue weighted by Crippen LogP contribution is 2.44. The molecule has 3 N–H and O–H groups in total. The van der Waals surface area contributed by atoms with Crippen molar-refractivity contribution >= 4 is 18.0 Å². The molecule has 0 unspecified atom stereocenters. The van der Waals surface area contributed by atoms with Crippen LogP contribution in [-0.4, -0.2) is 41.8 Å². The van der Waals surface area contributed by atoms with Crippen molar-refractivity contribution < 1.29 is 24.2 Å². The largest absolute Gasteiger partial charge is 0.481 e. The first-order valence-corrected chi connectivity index (χ1v) is 11.8. The maximum absolute atomic E-state index is 12.9. The molecule has 34 heavy (non-hydrogen) atoms. The van der Waals surface area contributed by atoms with E-state index in [0.717, 1.165) is 22.3 Å². The van der Waals surface area contributed by atoms with Crippen molar-refractivity contribution in [2.45, 2.75) is 58.5 Å². The first-order valence-electron chi connectivity index (χ1n) is 11.8. The summed E-state index contributed by atoms with van der Waals surface area (Å²) >= 11 is 0. The number of amides is 2. The molecule has 0 spiro atoms. The van der Waals surface area contributed by atoms with E-state index in [1.165, 1.54) is 0 Å². The van der Waals surface area contributed by atoms with Gasteiger partial charge in [-0.2, -0.15) is 0 Å². The summed E-state index contributed by atoms with van der Waals surface area (Å²) in [5.41, 5.74) is 4.51. The minimum atomic E-state index is -0.982. The molecule has 2 aromatic rings. The number of carboxylic acid groups (broad SMARTS) is 1. The topological polar surface area (TPSA) is 105 Å². The summed E-state index contributed by atoms with van der Waals surface area (Å²) in [7, 11) is 0. The maximum atomic E-state index is 12.9. The smallest absolute Gasteiger partial charge is 0.407 e. The summed E-state index contributed by atoms with van der Waals surface area (Å²) in [4.78, 5) is 36.8. The zero-order valence-electron chi connectivity index (χ0n) is 20.2. The third kappa shape index (κ3) is 6.16. The van der Waals surface area contributed by atoms with E-state index in [-0.39, 0.29) is 30.8 Å². The normalized spacial score (nSPS) is 14.3. The van der Waals surface area contributed by atoms with Gasteiger partial charge in [0, 0.05) is 12.0 Å². The van der Waals surface area contributed by atoms with Crippen LogP contribution in [0, 0.1) is 11.8 Å². The zero-order valence-corrected chi connectivity index (χ0v) is 20.2. The molecular formula is C27H34N2O5. The van der Waals surface area contributed by atoms with Gasteiger partial charge in [0.1, 0.15) is 12.6 Å². The quantitative estimate of drug-likeness (QED) is 0.476. The molecular weight excluding hydrogens is 432 g/mol. The second-order valence-electron chi connectivity index (χ2n) is 9.61. The van der Waals surface area contributed by atoms with E-state index in [4.69, 9.17) is 9.84 Å². The van der Waals surface area contributed by atoms with Gasteiger partial charge in [0.25, 0.3) is 0 Å². The summed E-state index contributed by atoms with van der Waals surface area (Å²) in [6.45, 7) is 7.77. The van der Waals surface area contributed by atoms with Crippen LogP contribution in [0.2, 0.25) is 0 Å². The summed E-state index contributed by atoms with van der Waals surface area (Å²) in [6.07, 6.45) is -0.432. The first-order chi connectivity index (χ1) is 16.2. The number of fused-ring (bicyclic) bond motifs is 3. The maximum Gasteiger partial charge on any atom is 0.407 e. The van der Waals surface area contributed by atoms with Crippen LogP contribution < -0.4 is 10.6 Å². The molecule has 0 saturated carbocycles. The van der Waals surface area contributed by atoms with Crippen molar-refractivity contribution in [3.8, 4) is 11.1 Å². The molecule has 0 saturated heterocycles.